The summed E-state index contributed by atoms with van der Waals surface area (Å²) in [5.74, 6) is 1.63. The molecule has 0 aliphatic heterocycles. The van der Waals surface area contributed by atoms with Crippen LogP contribution < -0.4 is 5.32 Å². The number of hydrogen-bond acceptors (Lipinski definition) is 3. The second-order valence-electron chi connectivity index (χ2n) is 7.16. The fourth-order valence-corrected chi connectivity index (χ4v) is 3.16. The van der Waals surface area contributed by atoms with Crippen molar-refractivity contribution in [2.45, 2.75) is 20.3 Å². The molecule has 0 aliphatic rings. The van der Waals surface area contributed by atoms with Crippen LogP contribution in [-0.2, 0) is 0 Å². The standard InChI is InChI=1S/C23H24N4/c1-17(2)13-14-24-22-15-21(19-11-7-4-8-12-19)26-23-20(16-25-27(22)23)18-9-5-3-6-10-18/h3-12,15-17,24H,13-14H2,1-2H3. The van der Waals surface area contributed by atoms with Gasteiger partial charge in [-0.05, 0) is 17.9 Å². The Morgan fingerprint density at radius 2 is 1.59 bits per heavy atom. The van der Waals surface area contributed by atoms with Gasteiger partial charge in [-0.1, -0.05) is 74.5 Å². The lowest BCUT2D eigenvalue weighted by Crippen LogP contribution is -2.09. The van der Waals surface area contributed by atoms with Gasteiger partial charge >= 0.3 is 0 Å². The molecule has 0 aliphatic carbocycles. The summed E-state index contributed by atoms with van der Waals surface area (Å²) in [5, 5.41) is 8.17. The summed E-state index contributed by atoms with van der Waals surface area (Å²) in [6, 6.07) is 22.7. The lowest BCUT2D eigenvalue weighted by molar-refractivity contribution is 0.606. The Labute approximate surface area is 159 Å². The molecule has 0 unspecified atom stereocenters. The molecule has 4 nitrogen and oxygen atoms in total. The fourth-order valence-electron chi connectivity index (χ4n) is 3.16. The molecule has 136 valence electrons. The van der Waals surface area contributed by atoms with Crippen LogP contribution in [0.4, 0.5) is 5.82 Å². The van der Waals surface area contributed by atoms with Crippen LogP contribution in [0.15, 0.2) is 72.9 Å². The molecular weight excluding hydrogens is 332 g/mol. The number of rotatable bonds is 6. The molecule has 0 saturated heterocycles. The number of aromatic nitrogens is 3. The second-order valence-corrected chi connectivity index (χ2v) is 7.16. The van der Waals surface area contributed by atoms with Crippen LogP contribution in [-0.4, -0.2) is 21.1 Å². The van der Waals surface area contributed by atoms with E-state index < -0.39 is 0 Å². The largest absolute Gasteiger partial charge is 0.370 e. The molecule has 4 aromatic rings. The first-order chi connectivity index (χ1) is 13.2. The van der Waals surface area contributed by atoms with Gasteiger partial charge in [-0.15, -0.1) is 0 Å². The van der Waals surface area contributed by atoms with E-state index in [-0.39, 0.29) is 0 Å². The quantitative estimate of drug-likeness (QED) is 0.494. The molecule has 0 spiro atoms. The summed E-state index contributed by atoms with van der Waals surface area (Å²) in [6.45, 7) is 5.38. The van der Waals surface area contributed by atoms with Gasteiger partial charge in [0.25, 0.3) is 0 Å². The average molecular weight is 356 g/mol. The van der Waals surface area contributed by atoms with Gasteiger partial charge in [0, 0.05) is 23.7 Å². The molecule has 0 fully saturated rings. The topological polar surface area (TPSA) is 42.2 Å². The molecule has 27 heavy (non-hydrogen) atoms. The molecule has 0 radical (unpaired) electrons. The number of fused-ring (bicyclic) bond motifs is 1. The van der Waals surface area contributed by atoms with E-state index in [9.17, 15) is 0 Å². The predicted molar refractivity (Wildman–Crippen MR) is 112 cm³/mol. The molecule has 2 aromatic carbocycles. The Morgan fingerprint density at radius 3 is 2.26 bits per heavy atom. The smallest absolute Gasteiger partial charge is 0.165 e. The zero-order valence-electron chi connectivity index (χ0n) is 15.8. The summed E-state index contributed by atoms with van der Waals surface area (Å²) in [5.41, 5.74) is 5.09. The van der Waals surface area contributed by atoms with E-state index in [0.717, 1.165) is 46.8 Å². The minimum atomic E-state index is 0.654. The first-order valence-corrected chi connectivity index (χ1v) is 9.46. The van der Waals surface area contributed by atoms with E-state index in [1.807, 2.05) is 47.1 Å². The molecule has 1 N–H and O–H groups in total. The van der Waals surface area contributed by atoms with Crippen molar-refractivity contribution in [1.29, 1.82) is 0 Å². The molecule has 4 rings (SSSR count). The van der Waals surface area contributed by atoms with Gasteiger partial charge in [0.05, 0.1) is 11.9 Å². The van der Waals surface area contributed by atoms with Crippen LogP contribution in [0.1, 0.15) is 20.3 Å². The Hall–Kier alpha value is -3.14. The zero-order chi connectivity index (χ0) is 18.6. The fraction of sp³-hybridized carbons (Fsp3) is 0.217. The summed E-state index contributed by atoms with van der Waals surface area (Å²) in [6.07, 6.45) is 3.01. The lowest BCUT2D eigenvalue weighted by Gasteiger charge is -2.12. The van der Waals surface area contributed by atoms with Gasteiger partial charge in [0.2, 0.25) is 0 Å². The summed E-state index contributed by atoms with van der Waals surface area (Å²) >= 11 is 0. The molecule has 2 heterocycles. The highest BCUT2D eigenvalue weighted by atomic mass is 15.3. The number of benzene rings is 2. The molecule has 0 bridgehead atoms. The highest BCUT2D eigenvalue weighted by Gasteiger charge is 2.14. The minimum absolute atomic E-state index is 0.654. The van der Waals surface area contributed by atoms with Crippen LogP contribution in [0.2, 0.25) is 0 Å². The van der Waals surface area contributed by atoms with Gasteiger partial charge < -0.3 is 5.32 Å². The summed E-state index contributed by atoms with van der Waals surface area (Å²) in [7, 11) is 0. The van der Waals surface area contributed by atoms with Crippen molar-refractivity contribution in [3.63, 3.8) is 0 Å². The second kappa shape index (κ2) is 7.62. The van der Waals surface area contributed by atoms with Crippen molar-refractivity contribution in [2.75, 3.05) is 11.9 Å². The zero-order valence-corrected chi connectivity index (χ0v) is 15.8. The average Bonchev–Trinajstić information content (AvgIpc) is 3.13. The third-order valence-corrected chi connectivity index (χ3v) is 4.65. The Bertz CT molecular complexity index is 1020. The van der Waals surface area contributed by atoms with E-state index in [4.69, 9.17) is 4.98 Å². The summed E-state index contributed by atoms with van der Waals surface area (Å²) < 4.78 is 1.91. The maximum Gasteiger partial charge on any atom is 0.165 e. The highest BCUT2D eigenvalue weighted by Crippen LogP contribution is 2.28. The monoisotopic (exact) mass is 356 g/mol. The number of nitrogens with one attached hydrogen (secondary N) is 1. The van der Waals surface area contributed by atoms with Crippen LogP contribution in [0.5, 0.6) is 0 Å². The van der Waals surface area contributed by atoms with E-state index in [1.165, 1.54) is 0 Å². The third-order valence-electron chi connectivity index (χ3n) is 4.65. The molecular formula is C23H24N4. The molecule has 0 atom stereocenters. The van der Waals surface area contributed by atoms with Crippen molar-refractivity contribution in [2.24, 2.45) is 5.92 Å². The van der Waals surface area contributed by atoms with Crippen molar-refractivity contribution in [1.82, 2.24) is 14.6 Å². The minimum Gasteiger partial charge on any atom is -0.370 e. The van der Waals surface area contributed by atoms with E-state index in [0.29, 0.717) is 5.92 Å². The van der Waals surface area contributed by atoms with Crippen LogP contribution >= 0.6 is 0 Å². The molecule has 0 saturated carbocycles. The normalized spacial score (nSPS) is 11.2. The van der Waals surface area contributed by atoms with Crippen LogP contribution in [0.3, 0.4) is 0 Å². The van der Waals surface area contributed by atoms with Crippen molar-refractivity contribution < 1.29 is 0 Å². The first-order valence-electron chi connectivity index (χ1n) is 9.46. The van der Waals surface area contributed by atoms with Crippen molar-refractivity contribution >= 4 is 11.5 Å². The van der Waals surface area contributed by atoms with Crippen molar-refractivity contribution in [3.05, 3.63) is 72.9 Å². The molecule has 2 aromatic heterocycles. The predicted octanol–water partition coefficient (Wildman–Crippen LogP) is 5.52. The maximum absolute atomic E-state index is 4.95. The van der Waals surface area contributed by atoms with Crippen LogP contribution in [0, 0.1) is 5.92 Å². The van der Waals surface area contributed by atoms with Gasteiger partial charge in [-0.2, -0.15) is 9.61 Å². The van der Waals surface area contributed by atoms with E-state index >= 15 is 0 Å². The van der Waals surface area contributed by atoms with Gasteiger partial charge in [0.15, 0.2) is 5.65 Å². The Morgan fingerprint density at radius 1 is 0.926 bits per heavy atom. The number of nitrogens with zero attached hydrogens (tertiary/aromatic N) is 3. The number of hydrogen-bond donors (Lipinski definition) is 1. The molecule has 4 heteroatoms. The summed E-state index contributed by atoms with van der Waals surface area (Å²) in [4.78, 5) is 4.95. The van der Waals surface area contributed by atoms with Gasteiger partial charge in [0.1, 0.15) is 5.82 Å². The van der Waals surface area contributed by atoms with Gasteiger partial charge in [-0.25, -0.2) is 4.98 Å². The Kier molecular flexibility index (Phi) is 4.88. The maximum atomic E-state index is 4.95. The third kappa shape index (κ3) is 3.70. The van der Waals surface area contributed by atoms with E-state index in [1.54, 1.807) is 0 Å². The number of anilines is 1. The lowest BCUT2D eigenvalue weighted by atomic mass is 10.1. The van der Waals surface area contributed by atoms with E-state index in [2.05, 4.69) is 54.6 Å². The first kappa shape index (κ1) is 17.3. The van der Waals surface area contributed by atoms with Crippen molar-refractivity contribution in [3.8, 4) is 22.4 Å². The SMILES string of the molecule is CC(C)CCNc1cc(-c2ccccc2)nc2c(-c3ccccc3)cnn12. The van der Waals surface area contributed by atoms with Crippen LogP contribution in [0.25, 0.3) is 28.0 Å². The highest BCUT2D eigenvalue weighted by molar-refractivity contribution is 5.80. The Balaban J connectivity index is 1.84. The van der Waals surface area contributed by atoms with Gasteiger partial charge in [-0.3, -0.25) is 0 Å². The molecule has 0 amide bonds.